The fourth-order valence-corrected chi connectivity index (χ4v) is 2.15. The van der Waals surface area contributed by atoms with Crippen molar-refractivity contribution in [3.05, 3.63) is 63.4 Å². The average molecular weight is 315 g/mol. The highest BCUT2D eigenvalue weighted by Gasteiger charge is 2.12. The number of carboxylic acids is 1. The van der Waals surface area contributed by atoms with Crippen LogP contribution in [0, 0.1) is 5.82 Å². The molecule has 0 atom stereocenters. The van der Waals surface area contributed by atoms with Crippen LogP contribution in [0.1, 0.15) is 15.9 Å². The molecular formula is C14H9Cl2FO3. The topological polar surface area (TPSA) is 46.5 Å². The predicted molar refractivity (Wildman–Crippen MR) is 74.2 cm³/mol. The van der Waals surface area contributed by atoms with E-state index in [-0.39, 0.29) is 12.2 Å². The fraction of sp³-hybridized carbons (Fsp3) is 0.0714. The lowest BCUT2D eigenvalue weighted by molar-refractivity contribution is 0.0693. The third kappa shape index (κ3) is 3.62. The summed E-state index contributed by atoms with van der Waals surface area (Å²) >= 11 is 11.7. The van der Waals surface area contributed by atoms with Gasteiger partial charge in [0.05, 0.1) is 5.56 Å². The quantitative estimate of drug-likeness (QED) is 0.909. The molecule has 0 aromatic heterocycles. The molecule has 20 heavy (non-hydrogen) atoms. The van der Waals surface area contributed by atoms with E-state index in [1.807, 2.05) is 0 Å². The van der Waals surface area contributed by atoms with Gasteiger partial charge in [-0.1, -0.05) is 29.3 Å². The van der Waals surface area contributed by atoms with E-state index < -0.39 is 11.8 Å². The molecule has 2 aromatic carbocycles. The Bertz CT molecular complexity index is 639. The lowest BCUT2D eigenvalue weighted by atomic mass is 10.1. The van der Waals surface area contributed by atoms with Crippen LogP contribution in [0.25, 0.3) is 0 Å². The number of benzene rings is 2. The van der Waals surface area contributed by atoms with Crippen molar-refractivity contribution in [2.24, 2.45) is 0 Å². The van der Waals surface area contributed by atoms with Crippen LogP contribution in [0.2, 0.25) is 10.0 Å². The summed E-state index contributed by atoms with van der Waals surface area (Å²) in [6.45, 7) is -0.0292. The number of aromatic carboxylic acids is 1. The molecule has 0 aliphatic heterocycles. The molecule has 104 valence electrons. The maximum Gasteiger partial charge on any atom is 0.336 e. The van der Waals surface area contributed by atoms with Gasteiger partial charge in [-0.05, 0) is 30.3 Å². The van der Waals surface area contributed by atoms with E-state index in [4.69, 9.17) is 33.0 Å². The van der Waals surface area contributed by atoms with E-state index in [2.05, 4.69) is 0 Å². The zero-order valence-electron chi connectivity index (χ0n) is 10.1. The molecule has 0 saturated heterocycles. The zero-order valence-corrected chi connectivity index (χ0v) is 11.6. The second kappa shape index (κ2) is 6.11. The number of hydrogen-bond acceptors (Lipinski definition) is 2. The van der Waals surface area contributed by atoms with Gasteiger partial charge >= 0.3 is 5.97 Å². The van der Waals surface area contributed by atoms with E-state index >= 15 is 0 Å². The van der Waals surface area contributed by atoms with Gasteiger partial charge in [-0.2, -0.15) is 0 Å². The summed E-state index contributed by atoms with van der Waals surface area (Å²) in [7, 11) is 0. The molecule has 0 spiro atoms. The molecule has 0 bridgehead atoms. The molecule has 2 rings (SSSR count). The van der Waals surface area contributed by atoms with Crippen molar-refractivity contribution in [2.45, 2.75) is 6.61 Å². The zero-order chi connectivity index (χ0) is 14.7. The highest BCUT2D eigenvalue weighted by molar-refractivity contribution is 6.34. The minimum atomic E-state index is -1.22. The van der Waals surface area contributed by atoms with Gasteiger partial charge in [0, 0.05) is 15.6 Å². The average Bonchev–Trinajstić information content (AvgIpc) is 2.36. The Morgan fingerprint density at radius 2 is 1.80 bits per heavy atom. The van der Waals surface area contributed by atoms with Crippen LogP contribution >= 0.6 is 23.2 Å². The molecule has 0 aliphatic carbocycles. The Hall–Kier alpha value is -1.78. The van der Waals surface area contributed by atoms with Gasteiger partial charge in [0.1, 0.15) is 18.2 Å². The maximum absolute atomic E-state index is 13.0. The van der Waals surface area contributed by atoms with Crippen LogP contribution < -0.4 is 4.74 Å². The lowest BCUT2D eigenvalue weighted by Crippen LogP contribution is -2.06. The van der Waals surface area contributed by atoms with Crippen LogP contribution in [-0.4, -0.2) is 11.1 Å². The van der Waals surface area contributed by atoms with E-state index in [9.17, 15) is 9.18 Å². The molecule has 0 aliphatic rings. The number of hydrogen-bond donors (Lipinski definition) is 1. The Labute approximate surface area is 124 Å². The summed E-state index contributed by atoms with van der Waals surface area (Å²) in [4.78, 5) is 11.0. The highest BCUT2D eigenvalue weighted by Crippen LogP contribution is 2.25. The minimum absolute atomic E-state index is 0.0292. The Morgan fingerprint density at radius 3 is 2.40 bits per heavy atom. The third-order valence-corrected chi connectivity index (χ3v) is 2.97. The Kier molecular flexibility index (Phi) is 4.47. The van der Waals surface area contributed by atoms with Gasteiger partial charge in [-0.25, -0.2) is 9.18 Å². The molecule has 0 radical (unpaired) electrons. The molecule has 1 N–H and O–H groups in total. The smallest absolute Gasteiger partial charge is 0.336 e. The van der Waals surface area contributed by atoms with Crippen molar-refractivity contribution in [3.8, 4) is 5.75 Å². The number of ether oxygens (including phenoxy) is 1. The highest BCUT2D eigenvalue weighted by atomic mass is 35.5. The summed E-state index contributed by atoms with van der Waals surface area (Å²) < 4.78 is 18.5. The van der Waals surface area contributed by atoms with E-state index in [0.29, 0.717) is 21.4 Å². The van der Waals surface area contributed by atoms with Gasteiger partial charge in [-0.3, -0.25) is 0 Å². The van der Waals surface area contributed by atoms with Crippen LogP contribution in [-0.2, 0) is 6.61 Å². The van der Waals surface area contributed by atoms with Crippen LogP contribution in [0.15, 0.2) is 36.4 Å². The molecule has 0 amide bonds. The fourth-order valence-electron chi connectivity index (χ4n) is 1.65. The first-order chi connectivity index (χ1) is 9.45. The molecule has 3 nitrogen and oxygen atoms in total. The Morgan fingerprint density at radius 1 is 1.15 bits per heavy atom. The van der Waals surface area contributed by atoms with Crippen molar-refractivity contribution in [2.75, 3.05) is 0 Å². The summed E-state index contributed by atoms with van der Waals surface area (Å²) in [6.07, 6.45) is 0. The molecule has 0 fully saturated rings. The first-order valence-corrected chi connectivity index (χ1v) is 6.32. The molecule has 0 unspecified atom stereocenters. The molecule has 6 heteroatoms. The molecule has 0 saturated carbocycles. The summed E-state index contributed by atoms with van der Waals surface area (Å²) in [5.74, 6) is -1.42. The predicted octanol–water partition coefficient (Wildman–Crippen LogP) is 4.41. The number of rotatable bonds is 4. The lowest BCUT2D eigenvalue weighted by Gasteiger charge is -2.09. The second-order valence-electron chi connectivity index (χ2n) is 4.00. The van der Waals surface area contributed by atoms with Gasteiger partial charge in [0.15, 0.2) is 0 Å². The standard InChI is InChI=1S/C14H9Cl2FO3/c15-9-3-10(16)5-12(4-9)20-7-8-1-2-11(17)6-13(8)14(18)19/h1-6H,7H2,(H,18,19). The maximum atomic E-state index is 13.0. The number of carboxylic acid groups (broad SMARTS) is 1. The third-order valence-electron chi connectivity index (χ3n) is 2.53. The van der Waals surface area contributed by atoms with Gasteiger partial charge in [0.25, 0.3) is 0 Å². The van der Waals surface area contributed by atoms with Gasteiger partial charge < -0.3 is 9.84 Å². The van der Waals surface area contributed by atoms with Crippen molar-refractivity contribution in [1.29, 1.82) is 0 Å². The largest absolute Gasteiger partial charge is 0.489 e. The monoisotopic (exact) mass is 314 g/mol. The van der Waals surface area contributed by atoms with Crippen LogP contribution in [0.3, 0.4) is 0 Å². The van der Waals surface area contributed by atoms with E-state index in [1.54, 1.807) is 18.2 Å². The SMILES string of the molecule is O=C(O)c1cc(F)ccc1COc1cc(Cl)cc(Cl)c1. The number of halogens is 3. The first-order valence-electron chi connectivity index (χ1n) is 5.56. The minimum Gasteiger partial charge on any atom is -0.489 e. The van der Waals surface area contributed by atoms with Crippen LogP contribution in [0.5, 0.6) is 5.75 Å². The molecule has 0 heterocycles. The summed E-state index contributed by atoms with van der Waals surface area (Å²) in [5.41, 5.74) is 0.216. The van der Waals surface area contributed by atoms with E-state index in [1.165, 1.54) is 12.1 Å². The van der Waals surface area contributed by atoms with Gasteiger partial charge in [0.2, 0.25) is 0 Å². The number of carbonyl (C=O) groups is 1. The van der Waals surface area contributed by atoms with Crippen molar-refractivity contribution in [3.63, 3.8) is 0 Å². The summed E-state index contributed by atoms with van der Waals surface area (Å²) in [5, 5.41) is 9.83. The first kappa shape index (κ1) is 14.6. The van der Waals surface area contributed by atoms with E-state index in [0.717, 1.165) is 6.07 Å². The molecule has 2 aromatic rings. The second-order valence-corrected chi connectivity index (χ2v) is 4.87. The Balaban J connectivity index is 2.20. The van der Waals surface area contributed by atoms with Crippen molar-refractivity contribution < 1.29 is 19.0 Å². The van der Waals surface area contributed by atoms with Gasteiger partial charge in [-0.15, -0.1) is 0 Å². The van der Waals surface area contributed by atoms with Crippen LogP contribution in [0.4, 0.5) is 4.39 Å². The summed E-state index contributed by atoms with van der Waals surface area (Å²) in [6, 6.07) is 8.15. The molecular weight excluding hydrogens is 306 g/mol. The van der Waals surface area contributed by atoms with Crippen molar-refractivity contribution >= 4 is 29.2 Å². The van der Waals surface area contributed by atoms with Crippen molar-refractivity contribution in [1.82, 2.24) is 0 Å². The normalized spacial score (nSPS) is 10.3.